The van der Waals surface area contributed by atoms with Gasteiger partial charge in [0.2, 0.25) is 0 Å². The summed E-state index contributed by atoms with van der Waals surface area (Å²) in [7, 11) is -3.59. The van der Waals surface area contributed by atoms with Crippen LogP contribution in [-0.2, 0) is 26.7 Å². The number of carbonyl (C=O) groups is 1. The van der Waals surface area contributed by atoms with E-state index in [0.717, 1.165) is 5.56 Å². The second-order valence-electron chi connectivity index (χ2n) is 6.73. The summed E-state index contributed by atoms with van der Waals surface area (Å²) in [5.74, 6) is -3.11. The second-order valence-corrected chi connectivity index (χ2v) is 8.72. The number of alkyl halides is 3. The topological polar surface area (TPSA) is 118 Å². The fourth-order valence-electron chi connectivity index (χ4n) is 3.21. The summed E-state index contributed by atoms with van der Waals surface area (Å²) in [4.78, 5) is 9.12. The van der Waals surface area contributed by atoms with Crippen molar-refractivity contribution >= 4 is 15.8 Å². The van der Waals surface area contributed by atoms with E-state index in [1.54, 1.807) is 36.4 Å². The van der Waals surface area contributed by atoms with Crippen molar-refractivity contribution in [3.8, 4) is 0 Å². The third-order valence-electron chi connectivity index (χ3n) is 4.37. The molecule has 2 aromatic carbocycles. The summed E-state index contributed by atoms with van der Waals surface area (Å²) in [5, 5.41) is 18.2. The Balaban J connectivity index is 0.000000370. The first-order valence-corrected chi connectivity index (χ1v) is 10.1. The van der Waals surface area contributed by atoms with Crippen LogP contribution >= 0.6 is 0 Å². The molecule has 0 aliphatic heterocycles. The minimum Gasteiger partial charge on any atom is -0.475 e. The quantitative estimate of drug-likeness (QED) is 0.686. The van der Waals surface area contributed by atoms with Crippen molar-refractivity contribution in [2.24, 2.45) is 5.73 Å². The third kappa shape index (κ3) is 5.78. The maximum atomic E-state index is 12.6. The zero-order chi connectivity index (χ0) is 21.9. The molecule has 0 amide bonds. The first-order valence-electron chi connectivity index (χ1n) is 8.49. The molecule has 2 aromatic rings. The molecule has 0 fully saturated rings. The van der Waals surface area contributed by atoms with Gasteiger partial charge in [-0.15, -0.1) is 0 Å². The number of sulfone groups is 1. The Morgan fingerprint density at radius 2 is 1.62 bits per heavy atom. The monoisotopic (exact) mass is 431 g/mol. The van der Waals surface area contributed by atoms with Gasteiger partial charge in [-0.3, -0.25) is 0 Å². The van der Waals surface area contributed by atoms with Crippen LogP contribution in [0.15, 0.2) is 59.5 Å². The van der Waals surface area contributed by atoms with E-state index in [1.165, 1.54) is 0 Å². The summed E-state index contributed by atoms with van der Waals surface area (Å²) in [6.45, 7) is 0. The predicted molar refractivity (Wildman–Crippen MR) is 98.8 cm³/mol. The van der Waals surface area contributed by atoms with Crippen LogP contribution in [-0.4, -0.2) is 42.6 Å². The number of carboxylic acid groups (broad SMARTS) is 1. The number of rotatable bonds is 3. The summed E-state index contributed by atoms with van der Waals surface area (Å²) in [6.07, 6.45) is -4.18. The average Bonchev–Trinajstić information content (AvgIpc) is 2.61. The highest BCUT2D eigenvalue weighted by Gasteiger charge is 2.41. The number of hydrogen-bond donors (Lipinski definition) is 3. The number of nitrogens with two attached hydrogens (primary N) is 1. The Morgan fingerprint density at radius 3 is 2.17 bits per heavy atom. The lowest BCUT2D eigenvalue weighted by atomic mass is 9.78. The van der Waals surface area contributed by atoms with Gasteiger partial charge in [-0.2, -0.15) is 13.2 Å². The zero-order valence-electron chi connectivity index (χ0n) is 15.1. The van der Waals surface area contributed by atoms with Gasteiger partial charge in [0.25, 0.3) is 0 Å². The number of aliphatic carboxylic acids is 1. The molecule has 158 valence electrons. The lowest BCUT2D eigenvalue weighted by molar-refractivity contribution is -0.192. The van der Waals surface area contributed by atoms with Crippen LogP contribution in [0.2, 0.25) is 0 Å². The van der Waals surface area contributed by atoms with Gasteiger partial charge in [-0.25, -0.2) is 13.2 Å². The maximum Gasteiger partial charge on any atom is 0.490 e. The first-order chi connectivity index (χ1) is 13.3. The highest BCUT2D eigenvalue weighted by Crippen LogP contribution is 2.37. The average molecular weight is 431 g/mol. The van der Waals surface area contributed by atoms with Gasteiger partial charge in [0.05, 0.1) is 10.6 Å². The number of halogens is 3. The molecule has 0 spiro atoms. The number of fused-ring (bicyclic) bond motifs is 1. The van der Waals surface area contributed by atoms with E-state index in [4.69, 9.17) is 15.6 Å². The molecule has 2 atom stereocenters. The van der Waals surface area contributed by atoms with Crippen LogP contribution in [0.1, 0.15) is 17.5 Å². The molecule has 29 heavy (non-hydrogen) atoms. The van der Waals surface area contributed by atoms with Gasteiger partial charge in [0.15, 0.2) is 9.84 Å². The van der Waals surface area contributed by atoms with E-state index in [2.05, 4.69) is 0 Å². The molecule has 6 nitrogen and oxygen atoms in total. The normalized spacial score (nSPS) is 21.5. The molecule has 0 saturated heterocycles. The van der Waals surface area contributed by atoms with Crippen LogP contribution < -0.4 is 5.73 Å². The Morgan fingerprint density at radius 1 is 1.10 bits per heavy atom. The van der Waals surface area contributed by atoms with Crippen molar-refractivity contribution in [3.63, 3.8) is 0 Å². The zero-order valence-corrected chi connectivity index (χ0v) is 15.9. The van der Waals surface area contributed by atoms with Crippen LogP contribution in [0.5, 0.6) is 0 Å². The van der Waals surface area contributed by atoms with Crippen molar-refractivity contribution in [3.05, 3.63) is 65.7 Å². The van der Waals surface area contributed by atoms with E-state index in [9.17, 15) is 26.7 Å². The molecule has 0 aromatic heterocycles. The first kappa shape index (κ1) is 22.9. The Labute approximate surface area is 165 Å². The van der Waals surface area contributed by atoms with Gasteiger partial charge in [0, 0.05) is 6.04 Å². The fourth-order valence-corrected chi connectivity index (χ4v) is 4.85. The summed E-state index contributed by atoms with van der Waals surface area (Å²) >= 11 is 0. The molecule has 1 aliphatic carbocycles. The molecular weight excluding hydrogens is 411 g/mol. The molecule has 1 aliphatic rings. The largest absolute Gasteiger partial charge is 0.490 e. The maximum absolute atomic E-state index is 12.6. The SMILES string of the molecule is N[C@H]1Cc2ccccc2[C@](O)(CS(=O)(=O)c2ccccc2)C1.O=C(O)C(F)(F)F. The van der Waals surface area contributed by atoms with Crippen LogP contribution in [0, 0.1) is 0 Å². The highest BCUT2D eigenvalue weighted by molar-refractivity contribution is 7.91. The van der Waals surface area contributed by atoms with Crippen molar-refractivity contribution in [2.75, 3.05) is 5.75 Å². The summed E-state index contributed by atoms with van der Waals surface area (Å²) in [5.41, 5.74) is 6.19. The molecule has 0 bridgehead atoms. The fraction of sp³-hybridized carbons (Fsp3) is 0.316. The van der Waals surface area contributed by atoms with Gasteiger partial charge in [0.1, 0.15) is 5.60 Å². The molecule has 0 heterocycles. The lowest BCUT2D eigenvalue weighted by Gasteiger charge is -2.37. The van der Waals surface area contributed by atoms with Crippen LogP contribution in [0.3, 0.4) is 0 Å². The number of benzene rings is 2. The molecular formula is C19H20F3NO5S. The Hall–Kier alpha value is -2.43. The molecule has 3 rings (SSSR count). The third-order valence-corrected chi connectivity index (χ3v) is 6.22. The summed E-state index contributed by atoms with van der Waals surface area (Å²) < 4.78 is 57.0. The number of aliphatic hydroxyl groups is 1. The van der Waals surface area contributed by atoms with E-state index >= 15 is 0 Å². The lowest BCUT2D eigenvalue weighted by Crippen LogP contribution is -2.45. The molecule has 0 unspecified atom stereocenters. The molecule has 0 saturated carbocycles. The minimum absolute atomic E-state index is 0.222. The van der Waals surface area contributed by atoms with Crippen molar-refractivity contribution in [1.29, 1.82) is 0 Å². The number of hydrogen-bond acceptors (Lipinski definition) is 5. The molecule has 10 heteroatoms. The van der Waals surface area contributed by atoms with Crippen LogP contribution in [0.25, 0.3) is 0 Å². The van der Waals surface area contributed by atoms with Crippen LogP contribution in [0.4, 0.5) is 13.2 Å². The smallest absolute Gasteiger partial charge is 0.475 e. The van der Waals surface area contributed by atoms with E-state index < -0.39 is 27.6 Å². The Bertz CT molecular complexity index is 963. The molecule has 0 radical (unpaired) electrons. The van der Waals surface area contributed by atoms with E-state index in [1.807, 2.05) is 18.2 Å². The van der Waals surface area contributed by atoms with Crippen molar-refractivity contribution < 1.29 is 36.6 Å². The van der Waals surface area contributed by atoms with E-state index in [-0.39, 0.29) is 23.1 Å². The predicted octanol–water partition coefficient (Wildman–Crippen LogP) is 2.25. The molecule has 4 N–H and O–H groups in total. The highest BCUT2D eigenvalue weighted by atomic mass is 32.2. The number of carboxylic acids is 1. The summed E-state index contributed by atoms with van der Waals surface area (Å²) in [6, 6.07) is 15.4. The van der Waals surface area contributed by atoms with Gasteiger partial charge < -0.3 is 15.9 Å². The standard InChI is InChI=1S/C17H19NO3S.C2HF3O2/c18-14-10-13-6-4-5-9-16(13)17(19,11-14)12-22(20,21)15-7-2-1-3-8-15;3-2(4,5)1(6)7/h1-9,14,19H,10-12,18H2;(H,6,7)/t14-,17+;/m0./s1. The van der Waals surface area contributed by atoms with Crippen molar-refractivity contribution in [2.45, 2.75) is 35.6 Å². The van der Waals surface area contributed by atoms with Gasteiger partial charge in [-0.05, 0) is 36.1 Å². The minimum atomic E-state index is -5.08. The second kappa shape index (κ2) is 8.52. The van der Waals surface area contributed by atoms with Crippen molar-refractivity contribution in [1.82, 2.24) is 0 Å². The van der Waals surface area contributed by atoms with E-state index in [0.29, 0.717) is 12.0 Å². The van der Waals surface area contributed by atoms with Gasteiger partial charge >= 0.3 is 12.1 Å². The van der Waals surface area contributed by atoms with Gasteiger partial charge in [-0.1, -0.05) is 42.5 Å². The Kier molecular flexibility index (Phi) is 6.71.